The van der Waals surface area contributed by atoms with Crippen LogP contribution < -0.4 is 16.4 Å². The molecule has 1 aromatic rings. The molecule has 3 amide bonds. The number of amides is 3. The molecule has 0 fully saturated rings. The fourth-order valence-electron chi connectivity index (χ4n) is 1.15. The normalized spacial score (nSPS) is 9.74. The first kappa shape index (κ1) is 15.4. The van der Waals surface area contributed by atoms with Gasteiger partial charge in [0.1, 0.15) is 0 Å². The molecule has 0 aliphatic rings. The van der Waals surface area contributed by atoms with Gasteiger partial charge in [-0.15, -0.1) is 18.3 Å². The molecule has 1 rings (SSSR count). The second kappa shape index (κ2) is 7.70. The summed E-state index contributed by atoms with van der Waals surface area (Å²) < 4.78 is 0. The first-order chi connectivity index (χ1) is 9.02. The number of hydrogen-bond donors (Lipinski definition) is 3. The molecule has 0 saturated heterocycles. The summed E-state index contributed by atoms with van der Waals surface area (Å²) in [6.07, 6.45) is 1.52. The van der Waals surface area contributed by atoms with Gasteiger partial charge in [0.2, 0.25) is 5.91 Å². The lowest BCUT2D eigenvalue weighted by molar-refractivity contribution is -0.117. The highest BCUT2D eigenvalue weighted by Gasteiger charge is 2.09. The van der Waals surface area contributed by atoms with Gasteiger partial charge in [0.05, 0.1) is 10.8 Å². The highest BCUT2D eigenvalue weighted by atomic mass is 35.5. The second-order valence-corrected chi connectivity index (χ2v) is 4.95. The SMILES string of the molecule is C=CCNC(=O)NC(=O)CSc1ccc(N)cc1Cl. The van der Waals surface area contributed by atoms with Gasteiger partial charge in [-0.25, -0.2) is 4.79 Å². The van der Waals surface area contributed by atoms with E-state index in [9.17, 15) is 9.59 Å². The number of carbonyl (C=O) groups excluding carboxylic acids is 2. The molecule has 19 heavy (non-hydrogen) atoms. The van der Waals surface area contributed by atoms with E-state index in [-0.39, 0.29) is 5.75 Å². The van der Waals surface area contributed by atoms with E-state index >= 15 is 0 Å². The van der Waals surface area contributed by atoms with Crippen LogP contribution in [0.3, 0.4) is 0 Å². The summed E-state index contributed by atoms with van der Waals surface area (Å²) >= 11 is 7.19. The Bertz CT molecular complexity index is 494. The molecule has 7 heteroatoms. The number of nitrogen functional groups attached to an aromatic ring is 1. The Morgan fingerprint density at radius 2 is 2.21 bits per heavy atom. The zero-order chi connectivity index (χ0) is 14.3. The Balaban J connectivity index is 2.41. The minimum Gasteiger partial charge on any atom is -0.399 e. The van der Waals surface area contributed by atoms with Crippen molar-refractivity contribution in [3.05, 3.63) is 35.9 Å². The number of nitrogens with two attached hydrogens (primary N) is 1. The zero-order valence-electron chi connectivity index (χ0n) is 10.1. The van der Waals surface area contributed by atoms with Gasteiger partial charge in [-0.05, 0) is 18.2 Å². The van der Waals surface area contributed by atoms with Gasteiger partial charge < -0.3 is 11.1 Å². The van der Waals surface area contributed by atoms with Crippen molar-refractivity contribution in [2.75, 3.05) is 18.0 Å². The minimum atomic E-state index is -0.547. The molecule has 0 aromatic heterocycles. The molecule has 0 saturated carbocycles. The third-order valence-electron chi connectivity index (χ3n) is 1.97. The van der Waals surface area contributed by atoms with Crippen LogP contribution in [0.25, 0.3) is 0 Å². The number of thioether (sulfide) groups is 1. The van der Waals surface area contributed by atoms with Gasteiger partial charge in [0, 0.05) is 17.1 Å². The maximum absolute atomic E-state index is 11.5. The Labute approximate surface area is 120 Å². The van der Waals surface area contributed by atoms with E-state index < -0.39 is 11.9 Å². The van der Waals surface area contributed by atoms with Crippen LogP contribution in [0.4, 0.5) is 10.5 Å². The molecule has 0 heterocycles. The highest BCUT2D eigenvalue weighted by molar-refractivity contribution is 8.00. The van der Waals surface area contributed by atoms with Crippen LogP contribution in [0.5, 0.6) is 0 Å². The van der Waals surface area contributed by atoms with Crippen molar-refractivity contribution >= 4 is 41.0 Å². The molecule has 0 radical (unpaired) electrons. The van der Waals surface area contributed by atoms with Gasteiger partial charge >= 0.3 is 6.03 Å². The standard InChI is InChI=1S/C12H14ClN3O2S/c1-2-5-15-12(18)16-11(17)7-19-10-4-3-8(14)6-9(10)13/h2-4,6H,1,5,7,14H2,(H2,15,16,17,18). The van der Waals surface area contributed by atoms with Gasteiger partial charge in [0.25, 0.3) is 0 Å². The molecule has 0 spiro atoms. The lowest BCUT2D eigenvalue weighted by Gasteiger charge is -2.06. The summed E-state index contributed by atoms with van der Waals surface area (Å²) in [6, 6.07) is 4.49. The lowest BCUT2D eigenvalue weighted by atomic mass is 10.3. The summed E-state index contributed by atoms with van der Waals surface area (Å²) in [6.45, 7) is 3.75. The second-order valence-electron chi connectivity index (χ2n) is 3.53. The number of rotatable bonds is 5. The average Bonchev–Trinajstić information content (AvgIpc) is 2.35. The molecule has 0 bridgehead atoms. The van der Waals surface area contributed by atoms with E-state index in [2.05, 4.69) is 17.2 Å². The number of urea groups is 1. The van der Waals surface area contributed by atoms with Gasteiger partial charge in [-0.1, -0.05) is 17.7 Å². The Morgan fingerprint density at radius 3 is 2.84 bits per heavy atom. The summed E-state index contributed by atoms with van der Waals surface area (Å²) in [5, 5.41) is 5.11. The van der Waals surface area contributed by atoms with Crippen LogP contribution >= 0.6 is 23.4 Å². The maximum atomic E-state index is 11.5. The van der Waals surface area contributed by atoms with Crippen LogP contribution in [-0.2, 0) is 4.79 Å². The first-order valence-electron chi connectivity index (χ1n) is 5.39. The molecular formula is C12H14ClN3O2S. The van der Waals surface area contributed by atoms with Gasteiger partial charge in [0.15, 0.2) is 0 Å². The molecule has 0 aliphatic carbocycles. The van der Waals surface area contributed by atoms with Crippen molar-refractivity contribution in [2.24, 2.45) is 0 Å². The quantitative estimate of drug-likeness (QED) is 0.441. The monoisotopic (exact) mass is 299 g/mol. The summed E-state index contributed by atoms with van der Waals surface area (Å²) in [4.78, 5) is 23.4. The molecular weight excluding hydrogens is 286 g/mol. The predicted molar refractivity (Wildman–Crippen MR) is 78.3 cm³/mol. The molecule has 0 aliphatic heterocycles. The number of imide groups is 1. The van der Waals surface area contributed by atoms with Crippen molar-refractivity contribution in [1.82, 2.24) is 10.6 Å². The molecule has 5 nitrogen and oxygen atoms in total. The molecule has 0 atom stereocenters. The number of anilines is 1. The molecule has 1 aromatic carbocycles. The van der Waals surface area contributed by atoms with E-state index in [0.29, 0.717) is 17.3 Å². The predicted octanol–water partition coefficient (Wildman–Crippen LogP) is 2.03. The van der Waals surface area contributed by atoms with Crippen molar-refractivity contribution in [3.8, 4) is 0 Å². The Morgan fingerprint density at radius 1 is 1.47 bits per heavy atom. The smallest absolute Gasteiger partial charge is 0.321 e. The van der Waals surface area contributed by atoms with Crippen LogP contribution in [0.1, 0.15) is 0 Å². The van der Waals surface area contributed by atoms with E-state index in [4.69, 9.17) is 17.3 Å². The lowest BCUT2D eigenvalue weighted by Crippen LogP contribution is -2.40. The van der Waals surface area contributed by atoms with Crippen LogP contribution in [0, 0.1) is 0 Å². The number of nitrogens with one attached hydrogen (secondary N) is 2. The van der Waals surface area contributed by atoms with Crippen LogP contribution in [-0.4, -0.2) is 24.2 Å². The Kier molecular flexibility index (Phi) is 6.24. The van der Waals surface area contributed by atoms with Gasteiger partial charge in [-0.2, -0.15) is 0 Å². The van der Waals surface area contributed by atoms with E-state index in [1.807, 2.05) is 0 Å². The van der Waals surface area contributed by atoms with Crippen LogP contribution in [0.15, 0.2) is 35.7 Å². The van der Waals surface area contributed by atoms with E-state index in [1.54, 1.807) is 18.2 Å². The zero-order valence-corrected chi connectivity index (χ0v) is 11.7. The third-order valence-corrected chi connectivity index (χ3v) is 3.47. The number of hydrogen-bond acceptors (Lipinski definition) is 4. The van der Waals surface area contributed by atoms with Crippen molar-refractivity contribution in [2.45, 2.75) is 4.90 Å². The summed E-state index contributed by atoms with van der Waals surface area (Å²) in [7, 11) is 0. The molecule has 4 N–H and O–H groups in total. The number of carbonyl (C=O) groups is 2. The fraction of sp³-hybridized carbons (Fsp3) is 0.167. The minimum absolute atomic E-state index is 0.0884. The number of benzene rings is 1. The van der Waals surface area contributed by atoms with E-state index in [1.165, 1.54) is 17.8 Å². The summed E-state index contributed by atoms with van der Waals surface area (Å²) in [5.74, 6) is -0.315. The Hall–Kier alpha value is -1.66. The summed E-state index contributed by atoms with van der Waals surface area (Å²) in [5.41, 5.74) is 6.12. The molecule has 102 valence electrons. The van der Waals surface area contributed by atoms with Gasteiger partial charge in [-0.3, -0.25) is 10.1 Å². The third kappa shape index (κ3) is 5.67. The maximum Gasteiger partial charge on any atom is 0.321 e. The highest BCUT2D eigenvalue weighted by Crippen LogP contribution is 2.28. The van der Waals surface area contributed by atoms with Crippen molar-refractivity contribution in [1.29, 1.82) is 0 Å². The first-order valence-corrected chi connectivity index (χ1v) is 6.75. The van der Waals surface area contributed by atoms with Crippen molar-refractivity contribution in [3.63, 3.8) is 0 Å². The fourth-order valence-corrected chi connectivity index (χ4v) is 2.22. The molecule has 0 unspecified atom stereocenters. The van der Waals surface area contributed by atoms with E-state index in [0.717, 1.165) is 4.90 Å². The van der Waals surface area contributed by atoms with Crippen LogP contribution in [0.2, 0.25) is 5.02 Å². The van der Waals surface area contributed by atoms with Crippen molar-refractivity contribution < 1.29 is 9.59 Å². The largest absolute Gasteiger partial charge is 0.399 e. The topological polar surface area (TPSA) is 84.2 Å². The number of halogens is 1. The average molecular weight is 300 g/mol.